The molecule has 158 valence electrons. The fourth-order valence-electron chi connectivity index (χ4n) is 3.97. The molecule has 0 saturated heterocycles. The Morgan fingerprint density at radius 1 is 0.423 bits per heavy atom. The van der Waals surface area contributed by atoms with Crippen LogP contribution in [0.15, 0.2) is 0 Å². The van der Waals surface area contributed by atoms with E-state index in [4.69, 9.17) is 0 Å². The Balaban J connectivity index is 3.95. The van der Waals surface area contributed by atoms with E-state index in [9.17, 15) is 0 Å². The van der Waals surface area contributed by atoms with E-state index < -0.39 is 17.0 Å². The van der Waals surface area contributed by atoms with Crippen molar-refractivity contribution in [2.24, 2.45) is 0 Å². The third-order valence-corrected chi connectivity index (χ3v) is 28.9. The molecule has 0 heterocycles. The molecule has 0 rings (SSSR count). The number of hydrogen-bond acceptors (Lipinski definition) is 1. The zero-order valence-electron chi connectivity index (χ0n) is 19.1. The topological polar surface area (TPSA) is 0 Å². The SMILES string of the molecule is CCCCCCCCCCCC[S][Sn]([CH2]CCC)([CH2]CCC)[CH2]CCC. The average molecular weight is 491 g/mol. The van der Waals surface area contributed by atoms with Gasteiger partial charge < -0.3 is 0 Å². The molecule has 0 N–H and O–H groups in total. The molecule has 0 radical (unpaired) electrons. The first kappa shape index (κ1) is 27.1. The molecule has 26 heavy (non-hydrogen) atoms. The van der Waals surface area contributed by atoms with E-state index in [0.29, 0.717) is 0 Å². The molecule has 0 saturated carbocycles. The molecule has 0 spiro atoms. The third kappa shape index (κ3) is 16.1. The van der Waals surface area contributed by atoms with Crippen molar-refractivity contribution in [2.45, 2.75) is 144 Å². The van der Waals surface area contributed by atoms with Crippen LogP contribution < -0.4 is 0 Å². The Bertz CT molecular complexity index is 245. The van der Waals surface area contributed by atoms with Crippen molar-refractivity contribution in [3.8, 4) is 0 Å². The van der Waals surface area contributed by atoms with Crippen LogP contribution in [0, 0.1) is 0 Å². The van der Waals surface area contributed by atoms with Crippen molar-refractivity contribution in [3.05, 3.63) is 0 Å². The number of hydrogen-bond donors (Lipinski definition) is 0. The Morgan fingerprint density at radius 3 is 1.15 bits per heavy atom. The maximum absolute atomic E-state index is 2.58. The van der Waals surface area contributed by atoms with Gasteiger partial charge in [0.25, 0.3) is 0 Å². The first-order valence-electron chi connectivity index (χ1n) is 12.4. The molecule has 0 amide bonds. The number of rotatable bonds is 21. The Hall–Kier alpha value is 1.15. The van der Waals surface area contributed by atoms with E-state index in [-0.39, 0.29) is 0 Å². The zero-order chi connectivity index (χ0) is 19.3. The number of unbranched alkanes of at least 4 members (excludes halogenated alkanes) is 12. The van der Waals surface area contributed by atoms with Gasteiger partial charge in [0.05, 0.1) is 0 Å². The average Bonchev–Trinajstić information content (AvgIpc) is 2.66. The van der Waals surface area contributed by atoms with Crippen LogP contribution in [0.25, 0.3) is 0 Å². The molecule has 0 bridgehead atoms. The molecule has 0 nitrogen and oxygen atoms in total. The summed E-state index contributed by atoms with van der Waals surface area (Å²) < 4.78 is 5.02. The summed E-state index contributed by atoms with van der Waals surface area (Å²) in [7, 11) is 2.58. The molecule has 0 aliphatic heterocycles. The molecular weight excluding hydrogens is 439 g/mol. The molecule has 0 fully saturated rings. The summed E-state index contributed by atoms with van der Waals surface area (Å²) in [5.74, 6) is 1.50. The van der Waals surface area contributed by atoms with Crippen LogP contribution in [0.1, 0.15) is 130 Å². The standard InChI is InChI=1S/C12H26S.3C4H9.Sn/c1-2-3-4-5-6-7-8-9-10-11-12-13;3*1-3-4-2;/h13H,2-12H2,1H3;3*1,3-4H2,2H3;/q;;;;+1/p-1. The summed E-state index contributed by atoms with van der Waals surface area (Å²) in [6, 6.07) is 0. The van der Waals surface area contributed by atoms with Crippen LogP contribution in [0.5, 0.6) is 0 Å². The second-order valence-corrected chi connectivity index (χ2v) is 28.5. The van der Waals surface area contributed by atoms with E-state index in [1.54, 1.807) is 13.3 Å². The molecule has 0 unspecified atom stereocenters. The monoisotopic (exact) mass is 492 g/mol. The Morgan fingerprint density at radius 2 is 0.769 bits per heavy atom. The van der Waals surface area contributed by atoms with Gasteiger partial charge in [-0.3, -0.25) is 0 Å². The van der Waals surface area contributed by atoms with Gasteiger partial charge in [0.1, 0.15) is 0 Å². The predicted molar refractivity (Wildman–Crippen MR) is 129 cm³/mol. The minimum atomic E-state index is -1.88. The minimum absolute atomic E-state index is 1.37. The van der Waals surface area contributed by atoms with Gasteiger partial charge in [0, 0.05) is 0 Å². The van der Waals surface area contributed by atoms with Crippen LogP contribution >= 0.6 is 8.95 Å². The molecule has 0 aliphatic carbocycles. The summed E-state index contributed by atoms with van der Waals surface area (Å²) in [6.07, 6.45) is 23.5. The summed E-state index contributed by atoms with van der Waals surface area (Å²) >= 11 is -1.88. The van der Waals surface area contributed by atoms with Crippen LogP contribution in [-0.2, 0) is 0 Å². The van der Waals surface area contributed by atoms with Gasteiger partial charge in [-0.15, -0.1) is 0 Å². The molecule has 2 heteroatoms. The van der Waals surface area contributed by atoms with Crippen molar-refractivity contribution in [2.75, 3.05) is 5.75 Å². The van der Waals surface area contributed by atoms with E-state index in [1.165, 1.54) is 108 Å². The van der Waals surface area contributed by atoms with Crippen molar-refractivity contribution in [3.63, 3.8) is 0 Å². The maximum atomic E-state index is 2.58. The second-order valence-electron chi connectivity index (χ2n) is 8.52. The Kier molecular flexibility index (Phi) is 21.8. The summed E-state index contributed by atoms with van der Waals surface area (Å²) in [4.78, 5) is 0. The fourth-order valence-corrected chi connectivity index (χ4v) is 27.4. The van der Waals surface area contributed by atoms with E-state index in [1.807, 2.05) is 0 Å². The second kappa shape index (κ2) is 20.9. The molecule has 0 aromatic rings. The van der Waals surface area contributed by atoms with Gasteiger partial charge in [-0.25, -0.2) is 0 Å². The van der Waals surface area contributed by atoms with Crippen LogP contribution in [0.4, 0.5) is 0 Å². The fraction of sp³-hybridized carbons (Fsp3) is 1.00. The van der Waals surface area contributed by atoms with E-state index in [0.717, 1.165) is 0 Å². The van der Waals surface area contributed by atoms with Gasteiger partial charge in [-0.05, 0) is 0 Å². The van der Waals surface area contributed by atoms with Crippen molar-refractivity contribution in [1.82, 2.24) is 0 Å². The third-order valence-electron chi connectivity index (χ3n) is 5.86. The molecule has 0 aromatic heterocycles. The van der Waals surface area contributed by atoms with E-state index >= 15 is 0 Å². The zero-order valence-corrected chi connectivity index (χ0v) is 22.7. The van der Waals surface area contributed by atoms with E-state index in [2.05, 4.69) is 36.6 Å². The van der Waals surface area contributed by atoms with Crippen molar-refractivity contribution < 1.29 is 0 Å². The summed E-state index contributed by atoms with van der Waals surface area (Å²) in [6.45, 7) is 9.49. The van der Waals surface area contributed by atoms with Crippen molar-refractivity contribution in [1.29, 1.82) is 0 Å². The molecule has 0 atom stereocenters. The van der Waals surface area contributed by atoms with Gasteiger partial charge in [0.15, 0.2) is 0 Å². The van der Waals surface area contributed by atoms with Crippen LogP contribution in [0.2, 0.25) is 13.3 Å². The van der Waals surface area contributed by atoms with Gasteiger partial charge in [-0.1, -0.05) is 6.92 Å². The first-order valence-corrected chi connectivity index (χ1v) is 22.9. The summed E-state index contributed by atoms with van der Waals surface area (Å²) in [5.41, 5.74) is 0. The van der Waals surface area contributed by atoms with Gasteiger partial charge >= 0.3 is 169 Å². The summed E-state index contributed by atoms with van der Waals surface area (Å²) in [5, 5.41) is 0. The van der Waals surface area contributed by atoms with Gasteiger partial charge in [0.2, 0.25) is 0 Å². The van der Waals surface area contributed by atoms with Gasteiger partial charge in [-0.2, -0.15) is 0 Å². The van der Waals surface area contributed by atoms with Crippen molar-refractivity contribution >= 4 is 25.9 Å². The Labute approximate surface area is 174 Å². The normalized spacial score (nSPS) is 12.0. The van der Waals surface area contributed by atoms with Crippen LogP contribution in [-0.4, -0.2) is 22.7 Å². The molecule has 0 aromatic carbocycles. The predicted octanol–water partition coefficient (Wildman–Crippen LogP) is 9.99. The van der Waals surface area contributed by atoms with Crippen LogP contribution in [0.3, 0.4) is 0 Å². The molecular formula is C24H52SSn. The quantitative estimate of drug-likeness (QED) is 0.114. The molecule has 0 aliphatic rings. The first-order chi connectivity index (χ1) is 12.7.